The van der Waals surface area contributed by atoms with Crippen LogP contribution in [0.4, 0.5) is 0 Å². The topological polar surface area (TPSA) is 52.2 Å². The van der Waals surface area contributed by atoms with Crippen LogP contribution in [0.1, 0.15) is 35.1 Å². The number of likely N-dealkylation sites (N-methyl/N-ethyl adjacent to an activating group) is 1. The molecular formula is C14H22N4O. The third-order valence-corrected chi connectivity index (χ3v) is 4.39. The molecule has 5 nitrogen and oxygen atoms in total. The lowest BCUT2D eigenvalue weighted by Crippen LogP contribution is -2.47. The Labute approximate surface area is 114 Å². The van der Waals surface area contributed by atoms with E-state index in [-0.39, 0.29) is 5.91 Å². The Balaban J connectivity index is 1.79. The maximum atomic E-state index is 12.6. The third-order valence-electron chi connectivity index (χ3n) is 4.39. The Morgan fingerprint density at radius 1 is 1.32 bits per heavy atom. The highest BCUT2D eigenvalue weighted by atomic mass is 16.2. The Morgan fingerprint density at radius 3 is 2.79 bits per heavy atom. The minimum Gasteiger partial charge on any atom is -0.335 e. The monoisotopic (exact) mass is 262 g/mol. The lowest BCUT2D eigenvalue weighted by molar-refractivity contribution is 0.0656. The van der Waals surface area contributed by atoms with Crippen LogP contribution in [0.25, 0.3) is 0 Å². The van der Waals surface area contributed by atoms with E-state index in [4.69, 9.17) is 0 Å². The molecule has 2 aliphatic rings. The van der Waals surface area contributed by atoms with Crippen LogP contribution in [0.3, 0.4) is 0 Å². The smallest absolute Gasteiger partial charge is 0.274 e. The number of nitrogens with one attached hydrogen (secondary N) is 1. The molecule has 0 aromatic carbocycles. The van der Waals surface area contributed by atoms with Crippen LogP contribution in [0.15, 0.2) is 0 Å². The number of hydrogen-bond acceptors (Lipinski definition) is 3. The molecule has 0 radical (unpaired) electrons. The van der Waals surface area contributed by atoms with Gasteiger partial charge in [0.2, 0.25) is 0 Å². The van der Waals surface area contributed by atoms with Gasteiger partial charge in [0.25, 0.3) is 5.91 Å². The standard InChI is InChI=1S/C14H22N4O/c1-10-3-4-12-11(9-10)13(16-15-12)14(19)18-7-5-17(2)6-8-18/h10H,3-9H2,1-2H3,(H,15,16)/t10-/m0/s1. The molecule has 0 spiro atoms. The number of carbonyl (C=O) groups excluding carboxylic acids is 1. The summed E-state index contributed by atoms with van der Waals surface area (Å²) >= 11 is 0. The number of nitrogens with zero attached hydrogens (tertiary/aromatic N) is 3. The van der Waals surface area contributed by atoms with Crippen LogP contribution >= 0.6 is 0 Å². The molecule has 3 rings (SSSR count). The van der Waals surface area contributed by atoms with Crippen LogP contribution in [-0.2, 0) is 12.8 Å². The average molecular weight is 262 g/mol. The number of hydrogen-bond donors (Lipinski definition) is 1. The van der Waals surface area contributed by atoms with Gasteiger partial charge in [0, 0.05) is 37.4 Å². The summed E-state index contributed by atoms with van der Waals surface area (Å²) in [5, 5.41) is 7.36. The molecule has 1 fully saturated rings. The Hall–Kier alpha value is -1.36. The molecule has 1 aliphatic carbocycles. The van der Waals surface area contributed by atoms with E-state index in [1.165, 1.54) is 17.7 Å². The van der Waals surface area contributed by atoms with Crippen molar-refractivity contribution in [3.8, 4) is 0 Å². The maximum Gasteiger partial charge on any atom is 0.274 e. The molecule has 19 heavy (non-hydrogen) atoms. The van der Waals surface area contributed by atoms with Gasteiger partial charge >= 0.3 is 0 Å². The first-order chi connectivity index (χ1) is 9.15. The van der Waals surface area contributed by atoms with E-state index in [9.17, 15) is 4.79 Å². The lowest BCUT2D eigenvalue weighted by Gasteiger charge is -2.32. The van der Waals surface area contributed by atoms with E-state index in [1.807, 2.05) is 4.90 Å². The van der Waals surface area contributed by atoms with Crippen molar-refractivity contribution >= 4 is 5.91 Å². The molecule has 1 N–H and O–H groups in total. The first-order valence-corrected chi connectivity index (χ1v) is 7.19. The van der Waals surface area contributed by atoms with Gasteiger partial charge in [-0.1, -0.05) is 6.92 Å². The predicted molar refractivity (Wildman–Crippen MR) is 73.2 cm³/mol. The van der Waals surface area contributed by atoms with Crippen LogP contribution in [0, 0.1) is 5.92 Å². The largest absolute Gasteiger partial charge is 0.335 e. The summed E-state index contributed by atoms with van der Waals surface area (Å²) in [6.45, 7) is 5.78. The van der Waals surface area contributed by atoms with E-state index >= 15 is 0 Å². The van der Waals surface area contributed by atoms with Gasteiger partial charge in [0.05, 0.1) is 0 Å². The second-order valence-corrected chi connectivity index (χ2v) is 5.97. The summed E-state index contributed by atoms with van der Waals surface area (Å²) in [5.41, 5.74) is 3.02. The summed E-state index contributed by atoms with van der Waals surface area (Å²) in [7, 11) is 2.10. The minimum absolute atomic E-state index is 0.111. The SMILES string of the molecule is C[C@H]1CCc2[nH]nc(C(=O)N3CCN(C)CC3)c2C1. The summed E-state index contributed by atoms with van der Waals surface area (Å²) < 4.78 is 0. The van der Waals surface area contributed by atoms with Crippen LogP contribution in [-0.4, -0.2) is 59.1 Å². The van der Waals surface area contributed by atoms with Gasteiger partial charge in [-0.25, -0.2) is 0 Å². The number of H-pyrrole nitrogens is 1. The summed E-state index contributed by atoms with van der Waals surface area (Å²) in [6, 6.07) is 0. The molecule has 1 atom stereocenters. The number of aromatic amines is 1. The lowest BCUT2D eigenvalue weighted by atomic mass is 9.87. The van der Waals surface area contributed by atoms with Crippen molar-refractivity contribution in [2.75, 3.05) is 33.2 Å². The number of aromatic nitrogens is 2. The fourth-order valence-corrected chi connectivity index (χ4v) is 3.01. The van der Waals surface area contributed by atoms with Crippen molar-refractivity contribution in [3.05, 3.63) is 17.0 Å². The fraction of sp³-hybridized carbons (Fsp3) is 0.714. The zero-order valence-electron chi connectivity index (χ0n) is 11.8. The minimum atomic E-state index is 0.111. The number of carbonyl (C=O) groups is 1. The van der Waals surface area contributed by atoms with Crippen molar-refractivity contribution in [1.29, 1.82) is 0 Å². The van der Waals surface area contributed by atoms with Gasteiger partial charge in [0.1, 0.15) is 0 Å². The molecule has 1 aromatic heterocycles. The normalized spacial score (nSPS) is 24.3. The number of aryl methyl sites for hydroxylation is 1. The summed E-state index contributed by atoms with van der Waals surface area (Å²) in [5.74, 6) is 0.767. The molecule has 1 saturated heterocycles. The fourth-order valence-electron chi connectivity index (χ4n) is 3.01. The van der Waals surface area contributed by atoms with Crippen LogP contribution in [0.5, 0.6) is 0 Å². The van der Waals surface area contributed by atoms with E-state index in [2.05, 4.69) is 29.1 Å². The van der Waals surface area contributed by atoms with Crippen LogP contribution < -0.4 is 0 Å². The zero-order chi connectivity index (χ0) is 13.4. The average Bonchev–Trinajstić information content (AvgIpc) is 2.81. The summed E-state index contributed by atoms with van der Waals surface area (Å²) in [4.78, 5) is 16.8. The van der Waals surface area contributed by atoms with E-state index in [0.717, 1.165) is 39.0 Å². The number of piperazine rings is 1. The van der Waals surface area contributed by atoms with Crippen molar-refractivity contribution < 1.29 is 4.79 Å². The van der Waals surface area contributed by atoms with Gasteiger partial charge in [-0.3, -0.25) is 9.89 Å². The third kappa shape index (κ3) is 2.39. The number of amides is 1. The van der Waals surface area contributed by atoms with Gasteiger partial charge in [-0.2, -0.15) is 5.10 Å². The number of rotatable bonds is 1. The predicted octanol–water partition coefficient (Wildman–Crippen LogP) is 0.922. The van der Waals surface area contributed by atoms with Crippen molar-refractivity contribution in [2.24, 2.45) is 5.92 Å². The molecule has 104 valence electrons. The van der Waals surface area contributed by atoms with Crippen molar-refractivity contribution in [3.63, 3.8) is 0 Å². The van der Waals surface area contributed by atoms with Crippen molar-refractivity contribution in [1.82, 2.24) is 20.0 Å². The van der Waals surface area contributed by atoms with Gasteiger partial charge < -0.3 is 9.80 Å². The van der Waals surface area contributed by atoms with Gasteiger partial charge in [-0.05, 0) is 32.2 Å². The molecular weight excluding hydrogens is 240 g/mol. The van der Waals surface area contributed by atoms with Crippen LogP contribution in [0.2, 0.25) is 0 Å². The highest BCUT2D eigenvalue weighted by Crippen LogP contribution is 2.26. The highest BCUT2D eigenvalue weighted by Gasteiger charge is 2.28. The molecule has 1 amide bonds. The highest BCUT2D eigenvalue weighted by molar-refractivity contribution is 5.94. The maximum absolute atomic E-state index is 12.6. The molecule has 0 unspecified atom stereocenters. The Bertz CT molecular complexity index is 474. The molecule has 1 aromatic rings. The summed E-state index contributed by atoms with van der Waals surface area (Å²) in [6.07, 6.45) is 3.21. The van der Waals surface area contributed by atoms with E-state index in [0.29, 0.717) is 11.6 Å². The molecule has 5 heteroatoms. The quantitative estimate of drug-likeness (QED) is 0.819. The Kier molecular flexibility index (Phi) is 3.31. The second-order valence-electron chi connectivity index (χ2n) is 5.97. The van der Waals surface area contributed by atoms with Gasteiger partial charge in [0.15, 0.2) is 5.69 Å². The number of fused-ring (bicyclic) bond motifs is 1. The van der Waals surface area contributed by atoms with E-state index in [1.54, 1.807) is 0 Å². The first kappa shape index (κ1) is 12.7. The molecule has 1 aliphatic heterocycles. The molecule has 0 bridgehead atoms. The Morgan fingerprint density at radius 2 is 2.05 bits per heavy atom. The molecule has 2 heterocycles. The zero-order valence-corrected chi connectivity index (χ0v) is 11.8. The van der Waals surface area contributed by atoms with E-state index < -0.39 is 0 Å². The second kappa shape index (κ2) is 4.96. The van der Waals surface area contributed by atoms with Gasteiger partial charge in [-0.15, -0.1) is 0 Å². The molecule has 0 saturated carbocycles. The first-order valence-electron chi connectivity index (χ1n) is 7.19. The van der Waals surface area contributed by atoms with Crippen molar-refractivity contribution in [2.45, 2.75) is 26.2 Å².